The van der Waals surface area contributed by atoms with Crippen LogP contribution in [0.3, 0.4) is 0 Å². The van der Waals surface area contributed by atoms with E-state index in [1.54, 1.807) is 4.90 Å². The number of carbonyl (C=O) groups excluding carboxylic acids is 2. The van der Waals surface area contributed by atoms with E-state index >= 15 is 0 Å². The Morgan fingerprint density at radius 1 is 1.09 bits per heavy atom. The number of hydrogen-bond donors (Lipinski definition) is 2. The van der Waals surface area contributed by atoms with Crippen LogP contribution in [-0.4, -0.2) is 54.0 Å². The molecule has 4 rings (SSSR count). The number of nitrogens with one attached hydrogen (secondary N) is 2. The molecule has 1 spiro atoms. The van der Waals surface area contributed by atoms with Gasteiger partial charge in [0.1, 0.15) is 11.6 Å². The van der Waals surface area contributed by atoms with Gasteiger partial charge in [-0.15, -0.1) is 0 Å². The molecule has 2 saturated heterocycles. The smallest absolute Gasteiger partial charge is 0.321 e. The van der Waals surface area contributed by atoms with Crippen LogP contribution in [0.2, 0.25) is 0 Å². The summed E-state index contributed by atoms with van der Waals surface area (Å²) in [6.45, 7) is 6.66. The SMILES string of the molecule is CC(C)NC(=O)C1CN(Cc2ccccc2)CC12CN(C(=O)Nc1cc(F)ccc1F)C2. The van der Waals surface area contributed by atoms with Crippen LogP contribution in [0.15, 0.2) is 48.5 Å². The van der Waals surface area contributed by atoms with Gasteiger partial charge in [0.25, 0.3) is 0 Å². The molecule has 0 radical (unpaired) electrons. The normalized spacial score (nSPS) is 19.8. The zero-order chi connectivity index (χ0) is 22.9. The second-order valence-electron chi connectivity index (χ2n) is 9.14. The Balaban J connectivity index is 1.45. The zero-order valence-corrected chi connectivity index (χ0v) is 18.3. The molecule has 2 aromatic rings. The maximum Gasteiger partial charge on any atom is 0.321 e. The molecule has 0 aliphatic carbocycles. The minimum atomic E-state index is -0.695. The molecular weight excluding hydrogens is 414 g/mol. The van der Waals surface area contributed by atoms with Crippen LogP contribution in [0, 0.1) is 23.0 Å². The van der Waals surface area contributed by atoms with Crippen molar-refractivity contribution in [3.05, 3.63) is 65.7 Å². The number of nitrogens with zero attached hydrogens (tertiary/aromatic N) is 2. The Labute approximate surface area is 186 Å². The van der Waals surface area contributed by atoms with Crippen LogP contribution in [-0.2, 0) is 11.3 Å². The van der Waals surface area contributed by atoms with Crippen LogP contribution in [0.25, 0.3) is 0 Å². The van der Waals surface area contributed by atoms with E-state index in [0.717, 1.165) is 24.7 Å². The molecule has 2 heterocycles. The summed E-state index contributed by atoms with van der Waals surface area (Å²) in [6, 6.07) is 12.5. The number of benzene rings is 2. The molecule has 2 N–H and O–H groups in total. The van der Waals surface area contributed by atoms with Gasteiger partial charge in [0.2, 0.25) is 5.91 Å². The number of carbonyl (C=O) groups is 2. The summed E-state index contributed by atoms with van der Waals surface area (Å²) in [5.74, 6) is -1.58. The average Bonchev–Trinajstić information content (AvgIpc) is 3.09. The van der Waals surface area contributed by atoms with Crippen molar-refractivity contribution in [1.82, 2.24) is 15.1 Å². The van der Waals surface area contributed by atoms with E-state index in [1.165, 1.54) is 5.56 Å². The van der Waals surface area contributed by atoms with Gasteiger partial charge in [-0.05, 0) is 31.5 Å². The maximum absolute atomic E-state index is 13.9. The van der Waals surface area contributed by atoms with E-state index in [-0.39, 0.29) is 29.0 Å². The van der Waals surface area contributed by atoms with E-state index in [2.05, 4.69) is 27.7 Å². The first-order valence-electron chi connectivity index (χ1n) is 10.8. The van der Waals surface area contributed by atoms with Crippen molar-refractivity contribution in [2.45, 2.75) is 26.4 Å². The summed E-state index contributed by atoms with van der Waals surface area (Å²) < 4.78 is 27.3. The molecule has 8 heteroatoms. The van der Waals surface area contributed by atoms with Crippen molar-refractivity contribution in [2.24, 2.45) is 11.3 Å². The van der Waals surface area contributed by atoms with E-state index in [9.17, 15) is 18.4 Å². The molecule has 32 heavy (non-hydrogen) atoms. The van der Waals surface area contributed by atoms with E-state index < -0.39 is 17.7 Å². The molecule has 1 atom stereocenters. The average molecular weight is 443 g/mol. The molecule has 2 aliphatic rings. The lowest BCUT2D eigenvalue weighted by Gasteiger charge is -2.50. The lowest BCUT2D eigenvalue weighted by Crippen LogP contribution is -2.65. The first-order chi connectivity index (χ1) is 15.3. The van der Waals surface area contributed by atoms with Gasteiger partial charge >= 0.3 is 6.03 Å². The first kappa shape index (κ1) is 22.2. The molecular formula is C24H28F2N4O2. The fraction of sp³-hybridized carbons (Fsp3) is 0.417. The van der Waals surface area contributed by atoms with Gasteiger partial charge in [0.15, 0.2) is 0 Å². The second kappa shape index (κ2) is 8.86. The lowest BCUT2D eigenvalue weighted by molar-refractivity contribution is -0.131. The highest BCUT2D eigenvalue weighted by Gasteiger charge is 2.57. The van der Waals surface area contributed by atoms with Crippen molar-refractivity contribution < 1.29 is 18.4 Å². The van der Waals surface area contributed by atoms with Crippen LogP contribution >= 0.6 is 0 Å². The largest absolute Gasteiger partial charge is 0.354 e. The van der Waals surface area contributed by atoms with Crippen molar-refractivity contribution in [3.63, 3.8) is 0 Å². The zero-order valence-electron chi connectivity index (χ0n) is 18.3. The molecule has 0 aromatic heterocycles. The third-order valence-electron chi connectivity index (χ3n) is 6.18. The third-order valence-corrected chi connectivity index (χ3v) is 6.18. The highest BCUT2D eigenvalue weighted by molar-refractivity contribution is 5.90. The van der Waals surface area contributed by atoms with E-state index in [0.29, 0.717) is 26.2 Å². The quantitative estimate of drug-likeness (QED) is 0.746. The van der Waals surface area contributed by atoms with Crippen LogP contribution in [0.1, 0.15) is 19.4 Å². The molecule has 2 aromatic carbocycles. The third kappa shape index (κ3) is 4.60. The number of hydrogen-bond acceptors (Lipinski definition) is 3. The lowest BCUT2D eigenvalue weighted by atomic mass is 9.71. The fourth-order valence-electron chi connectivity index (χ4n) is 4.75. The summed E-state index contributed by atoms with van der Waals surface area (Å²) in [6.07, 6.45) is 0. The van der Waals surface area contributed by atoms with E-state index in [1.807, 2.05) is 32.0 Å². The Bertz CT molecular complexity index is 993. The number of anilines is 1. The van der Waals surface area contributed by atoms with Gasteiger partial charge in [-0.25, -0.2) is 13.6 Å². The summed E-state index contributed by atoms with van der Waals surface area (Å²) in [4.78, 5) is 29.4. The maximum atomic E-state index is 13.9. The topological polar surface area (TPSA) is 64.7 Å². The summed E-state index contributed by atoms with van der Waals surface area (Å²) in [5, 5.41) is 5.46. The van der Waals surface area contributed by atoms with Crippen molar-refractivity contribution >= 4 is 17.6 Å². The van der Waals surface area contributed by atoms with E-state index in [4.69, 9.17) is 0 Å². The van der Waals surface area contributed by atoms with Crippen LogP contribution < -0.4 is 10.6 Å². The Kier molecular flexibility index (Phi) is 6.15. The predicted molar refractivity (Wildman–Crippen MR) is 118 cm³/mol. The fourth-order valence-corrected chi connectivity index (χ4v) is 4.75. The number of likely N-dealkylation sites (tertiary alicyclic amines) is 2. The highest BCUT2D eigenvalue weighted by atomic mass is 19.1. The molecule has 2 aliphatic heterocycles. The van der Waals surface area contributed by atoms with Crippen molar-refractivity contribution in [3.8, 4) is 0 Å². The monoisotopic (exact) mass is 442 g/mol. The Hall–Kier alpha value is -3.00. The number of rotatable bonds is 5. The molecule has 170 valence electrons. The van der Waals surface area contributed by atoms with Gasteiger partial charge in [-0.3, -0.25) is 9.69 Å². The second-order valence-corrected chi connectivity index (χ2v) is 9.14. The van der Waals surface area contributed by atoms with Gasteiger partial charge in [0.05, 0.1) is 11.6 Å². The number of halogens is 2. The van der Waals surface area contributed by atoms with Gasteiger partial charge in [0, 0.05) is 50.2 Å². The highest BCUT2D eigenvalue weighted by Crippen LogP contribution is 2.44. The van der Waals surface area contributed by atoms with Crippen molar-refractivity contribution in [1.29, 1.82) is 0 Å². The Morgan fingerprint density at radius 3 is 2.50 bits per heavy atom. The molecule has 6 nitrogen and oxygen atoms in total. The number of urea groups is 1. The van der Waals surface area contributed by atoms with Crippen LogP contribution in [0.4, 0.5) is 19.3 Å². The van der Waals surface area contributed by atoms with Gasteiger partial charge in [-0.2, -0.15) is 0 Å². The first-order valence-corrected chi connectivity index (χ1v) is 10.8. The summed E-state index contributed by atoms with van der Waals surface area (Å²) in [7, 11) is 0. The minimum absolute atomic E-state index is 0.00760. The minimum Gasteiger partial charge on any atom is -0.354 e. The number of amides is 3. The molecule has 1 unspecified atom stereocenters. The molecule has 2 fully saturated rings. The molecule has 3 amide bonds. The van der Waals surface area contributed by atoms with Gasteiger partial charge in [-0.1, -0.05) is 30.3 Å². The summed E-state index contributed by atoms with van der Waals surface area (Å²) >= 11 is 0. The van der Waals surface area contributed by atoms with Crippen LogP contribution in [0.5, 0.6) is 0 Å². The predicted octanol–water partition coefficient (Wildman–Crippen LogP) is 3.46. The van der Waals surface area contributed by atoms with Gasteiger partial charge < -0.3 is 15.5 Å². The summed E-state index contributed by atoms with van der Waals surface area (Å²) in [5.41, 5.74) is 0.622. The Morgan fingerprint density at radius 2 is 1.81 bits per heavy atom. The molecule has 0 saturated carbocycles. The molecule has 0 bridgehead atoms. The van der Waals surface area contributed by atoms with Crippen molar-refractivity contribution in [2.75, 3.05) is 31.5 Å². The standard InChI is InChI=1S/C24H28F2N4O2/c1-16(2)27-22(31)19-12-29(11-17-6-4-3-5-7-17)13-24(19)14-30(15-24)23(32)28-21-10-18(25)8-9-20(21)26/h3-10,16,19H,11-15H2,1-2H3,(H,27,31)(H,28,32).